The molecule has 1 aromatic carbocycles. The average Bonchev–Trinajstić information content (AvgIpc) is 2.50. The van der Waals surface area contributed by atoms with Crippen molar-refractivity contribution in [1.29, 1.82) is 0 Å². The van der Waals surface area contributed by atoms with Crippen LogP contribution in [0.1, 0.15) is 11.1 Å². The lowest BCUT2D eigenvalue weighted by molar-refractivity contribution is 0.240. The topological polar surface area (TPSA) is 76.0 Å². The number of carbonyl (C=O) groups is 1. The second-order valence-corrected chi connectivity index (χ2v) is 4.67. The van der Waals surface area contributed by atoms with Crippen molar-refractivity contribution in [3.05, 3.63) is 64.3 Å². The van der Waals surface area contributed by atoms with Gasteiger partial charge >= 0.3 is 6.03 Å². The van der Waals surface area contributed by atoms with Crippen LogP contribution < -0.4 is 16.2 Å². The molecule has 21 heavy (non-hydrogen) atoms. The summed E-state index contributed by atoms with van der Waals surface area (Å²) in [6, 6.07) is 9.40. The summed E-state index contributed by atoms with van der Waals surface area (Å²) in [5.74, 6) is 0. The molecule has 0 saturated heterocycles. The van der Waals surface area contributed by atoms with E-state index in [1.165, 1.54) is 17.1 Å². The fourth-order valence-corrected chi connectivity index (χ4v) is 1.85. The van der Waals surface area contributed by atoms with Gasteiger partial charge in [-0.15, -0.1) is 0 Å². The summed E-state index contributed by atoms with van der Waals surface area (Å²) >= 11 is 0. The Morgan fingerprint density at radius 3 is 2.76 bits per heavy atom. The lowest BCUT2D eigenvalue weighted by Gasteiger charge is -2.09. The molecule has 2 N–H and O–H groups in total. The monoisotopic (exact) mass is 286 g/mol. The van der Waals surface area contributed by atoms with Gasteiger partial charge in [-0.05, 0) is 12.5 Å². The Bertz CT molecular complexity index is 652. The van der Waals surface area contributed by atoms with Gasteiger partial charge in [0.2, 0.25) is 0 Å². The smallest absolute Gasteiger partial charge is 0.315 e. The number of aromatic nitrogens is 2. The molecule has 0 bridgehead atoms. The van der Waals surface area contributed by atoms with Crippen LogP contribution in [0, 0.1) is 6.92 Å². The molecule has 2 aromatic rings. The van der Waals surface area contributed by atoms with E-state index in [2.05, 4.69) is 15.6 Å². The molecule has 2 amide bonds. The minimum atomic E-state index is -0.257. The minimum Gasteiger partial charge on any atom is -0.336 e. The van der Waals surface area contributed by atoms with Crippen molar-refractivity contribution in [2.24, 2.45) is 0 Å². The molecule has 0 fully saturated rings. The van der Waals surface area contributed by atoms with E-state index in [9.17, 15) is 9.59 Å². The van der Waals surface area contributed by atoms with E-state index in [-0.39, 0.29) is 11.6 Å². The first-order valence-corrected chi connectivity index (χ1v) is 6.73. The van der Waals surface area contributed by atoms with Gasteiger partial charge in [0.1, 0.15) is 0 Å². The number of nitrogens with one attached hydrogen (secondary N) is 2. The van der Waals surface area contributed by atoms with Crippen molar-refractivity contribution < 1.29 is 4.79 Å². The highest BCUT2D eigenvalue weighted by Crippen LogP contribution is 1.96. The van der Waals surface area contributed by atoms with E-state index in [0.29, 0.717) is 25.2 Å². The summed E-state index contributed by atoms with van der Waals surface area (Å²) in [6.45, 7) is 2.95. The van der Waals surface area contributed by atoms with Gasteiger partial charge < -0.3 is 10.6 Å². The zero-order chi connectivity index (χ0) is 15.1. The highest BCUT2D eigenvalue weighted by molar-refractivity contribution is 5.73. The van der Waals surface area contributed by atoms with Crippen molar-refractivity contribution >= 4 is 6.03 Å². The molecular weight excluding hydrogens is 268 g/mol. The number of hydrogen-bond acceptors (Lipinski definition) is 3. The van der Waals surface area contributed by atoms with E-state index in [0.717, 1.165) is 5.56 Å². The Labute approximate surface area is 122 Å². The third-order valence-corrected chi connectivity index (χ3v) is 3.01. The fraction of sp³-hybridized carbons (Fsp3) is 0.267. The van der Waals surface area contributed by atoms with Crippen LogP contribution in [-0.2, 0) is 13.1 Å². The Kier molecular flexibility index (Phi) is 5.09. The van der Waals surface area contributed by atoms with Gasteiger partial charge in [0.25, 0.3) is 5.56 Å². The van der Waals surface area contributed by atoms with Gasteiger partial charge in [0, 0.05) is 31.4 Å². The molecule has 0 atom stereocenters. The van der Waals surface area contributed by atoms with Gasteiger partial charge in [0.05, 0.1) is 6.33 Å². The number of hydrogen-bond donors (Lipinski definition) is 2. The summed E-state index contributed by atoms with van der Waals surface area (Å²) in [5, 5.41) is 5.47. The van der Waals surface area contributed by atoms with Gasteiger partial charge in [0.15, 0.2) is 0 Å². The van der Waals surface area contributed by atoms with Crippen molar-refractivity contribution in [3.8, 4) is 0 Å². The van der Waals surface area contributed by atoms with Gasteiger partial charge in [-0.25, -0.2) is 9.78 Å². The van der Waals surface area contributed by atoms with E-state index < -0.39 is 0 Å². The van der Waals surface area contributed by atoms with E-state index >= 15 is 0 Å². The Morgan fingerprint density at radius 2 is 2.00 bits per heavy atom. The zero-order valence-corrected chi connectivity index (χ0v) is 11.9. The second kappa shape index (κ2) is 7.23. The minimum absolute atomic E-state index is 0.0866. The van der Waals surface area contributed by atoms with Crippen LogP contribution in [0.5, 0.6) is 0 Å². The van der Waals surface area contributed by atoms with Crippen LogP contribution >= 0.6 is 0 Å². The Morgan fingerprint density at radius 1 is 1.24 bits per heavy atom. The maximum atomic E-state index is 11.7. The summed E-state index contributed by atoms with van der Waals surface area (Å²) in [6.07, 6.45) is 3.00. The molecule has 0 aliphatic rings. The molecule has 6 heteroatoms. The van der Waals surface area contributed by atoms with Crippen molar-refractivity contribution in [1.82, 2.24) is 20.2 Å². The summed E-state index contributed by atoms with van der Waals surface area (Å²) in [7, 11) is 0. The van der Waals surface area contributed by atoms with E-state index in [4.69, 9.17) is 0 Å². The predicted octanol–water partition coefficient (Wildman–Crippen LogP) is 1.05. The number of urea groups is 1. The van der Waals surface area contributed by atoms with E-state index in [1.54, 1.807) is 6.92 Å². The molecule has 0 unspecified atom stereocenters. The normalized spacial score (nSPS) is 10.1. The summed E-state index contributed by atoms with van der Waals surface area (Å²) < 4.78 is 1.48. The molecule has 0 radical (unpaired) electrons. The second-order valence-electron chi connectivity index (χ2n) is 4.67. The lowest BCUT2D eigenvalue weighted by atomic mass is 10.2. The molecular formula is C15H18N4O2. The molecule has 0 spiro atoms. The summed E-state index contributed by atoms with van der Waals surface area (Å²) in [5.41, 5.74) is 1.54. The molecule has 6 nitrogen and oxygen atoms in total. The number of rotatable bonds is 5. The third kappa shape index (κ3) is 4.45. The maximum Gasteiger partial charge on any atom is 0.315 e. The zero-order valence-electron chi connectivity index (χ0n) is 11.9. The van der Waals surface area contributed by atoms with Crippen LogP contribution in [-0.4, -0.2) is 22.1 Å². The fourth-order valence-electron chi connectivity index (χ4n) is 1.85. The van der Waals surface area contributed by atoms with Crippen LogP contribution in [0.4, 0.5) is 4.79 Å². The average molecular weight is 286 g/mol. The predicted molar refractivity (Wildman–Crippen MR) is 79.9 cm³/mol. The lowest BCUT2D eigenvalue weighted by Crippen LogP contribution is -2.38. The highest BCUT2D eigenvalue weighted by Gasteiger charge is 2.02. The largest absolute Gasteiger partial charge is 0.336 e. The molecule has 0 aliphatic heterocycles. The number of amides is 2. The van der Waals surface area contributed by atoms with Crippen LogP contribution in [0.25, 0.3) is 0 Å². The summed E-state index contributed by atoms with van der Waals surface area (Å²) in [4.78, 5) is 27.3. The van der Waals surface area contributed by atoms with Gasteiger partial charge in [-0.1, -0.05) is 30.3 Å². The van der Waals surface area contributed by atoms with E-state index in [1.807, 2.05) is 30.3 Å². The molecule has 2 rings (SSSR count). The molecule has 110 valence electrons. The van der Waals surface area contributed by atoms with Crippen LogP contribution in [0.2, 0.25) is 0 Å². The number of nitrogens with zero attached hydrogens (tertiary/aromatic N) is 2. The van der Waals surface area contributed by atoms with Gasteiger partial charge in [-0.2, -0.15) is 0 Å². The van der Waals surface area contributed by atoms with Gasteiger partial charge in [-0.3, -0.25) is 9.36 Å². The van der Waals surface area contributed by atoms with Crippen LogP contribution in [0.15, 0.2) is 47.7 Å². The maximum absolute atomic E-state index is 11.7. The first-order valence-electron chi connectivity index (χ1n) is 6.73. The number of aryl methyl sites for hydroxylation is 1. The van der Waals surface area contributed by atoms with Crippen molar-refractivity contribution in [3.63, 3.8) is 0 Å². The quantitative estimate of drug-likeness (QED) is 0.862. The molecule has 0 aliphatic carbocycles. The number of carbonyl (C=O) groups excluding carboxylic acids is 1. The SMILES string of the molecule is Cc1cncn(CCNC(=O)NCc2ccccc2)c1=O. The standard InChI is InChI=1S/C15H18N4O2/c1-12-9-16-11-19(14(12)20)8-7-17-15(21)18-10-13-5-3-2-4-6-13/h2-6,9,11H,7-8,10H2,1H3,(H2,17,18,21). The molecule has 0 saturated carbocycles. The molecule has 1 heterocycles. The third-order valence-electron chi connectivity index (χ3n) is 3.01. The first kappa shape index (κ1) is 14.8. The van der Waals surface area contributed by atoms with Crippen molar-refractivity contribution in [2.75, 3.05) is 6.54 Å². The Hall–Kier alpha value is -2.63. The molecule has 1 aromatic heterocycles. The highest BCUT2D eigenvalue weighted by atomic mass is 16.2. The van der Waals surface area contributed by atoms with Crippen molar-refractivity contribution in [2.45, 2.75) is 20.0 Å². The Balaban J connectivity index is 1.74. The number of benzene rings is 1. The first-order chi connectivity index (χ1) is 10.2. The van der Waals surface area contributed by atoms with Crippen LogP contribution in [0.3, 0.4) is 0 Å².